The summed E-state index contributed by atoms with van der Waals surface area (Å²) in [6.07, 6.45) is 3.62. The van der Waals surface area contributed by atoms with Crippen molar-refractivity contribution in [2.75, 3.05) is 56.1 Å². The molecule has 2 aromatic heterocycles. The Hall–Kier alpha value is -2.81. The zero-order valence-corrected chi connectivity index (χ0v) is 18.9. The number of pyridine rings is 1. The van der Waals surface area contributed by atoms with Crippen molar-refractivity contribution in [3.05, 3.63) is 41.4 Å². The summed E-state index contributed by atoms with van der Waals surface area (Å²) < 4.78 is 0. The molecule has 1 unspecified atom stereocenters. The minimum Gasteiger partial charge on any atom is -0.369 e. The molecule has 0 bridgehead atoms. The first kappa shape index (κ1) is 21.4. The van der Waals surface area contributed by atoms with Crippen LogP contribution >= 0.6 is 11.3 Å². The molecule has 8 nitrogen and oxygen atoms in total. The van der Waals surface area contributed by atoms with E-state index in [1.807, 2.05) is 19.3 Å². The van der Waals surface area contributed by atoms with Gasteiger partial charge < -0.3 is 25.8 Å². The Bertz CT molecular complexity index is 893. The third-order valence-electron chi connectivity index (χ3n) is 6.04. The standard InChI is InChI=1S/C22H31N7OS/c1-24-22(28-12-10-27(11-13-28)19-7-4-14-31-19)26-15-17-5-2-8-25-21(17)29-9-3-6-18(16-29)20(23)30/h2,4-5,7-8,14,18H,3,6,9-13,15-16H2,1H3,(H2,23,30)(H,24,26). The molecule has 1 amide bonds. The van der Waals surface area contributed by atoms with Gasteiger partial charge in [-0.05, 0) is 36.4 Å². The molecule has 2 fully saturated rings. The van der Waals surface area contributed by atoms with Gasteiger partial charge in [-0.1, -0.05) is 6.07 Å². The Kier molecular flexibility index (Phi) is 6.91. The number of nitrogens with zero attached hydrogens (tertiary/aromatic N) is 5. The van der Waals surface area contributed by atoms with Crippen molar-refractivity contribution in [2.45, 2.75) is 19.4 Å². The van der Waals surface area contributed by atoms with Crippen LogP contribution in [-0.2, 0) is 11.3 Å². The summed E-state index contributed by atoms with van der Waals surface area (Å²) in [6, 6.07) is 8.33. The Morgan fingerprint density at radius 2 is 2.06 bits per heavy atom. The van der Waals surface area contributed by atoms with Crippen LogP contribution in [0.3, 0.4) is 0 Å². The predicted octanol–water partition coefficient (Wildman–Crippen LogP) is 1.74. The number of nitrogens with one attached hydrogen (secondary N) is 1. The van der Waals surface area contributed by atoms with Gasteiger partial charge in [0.2, 0.25) is 5.91 Å². The molecule has 166 valence electrons. The molecule has 4 heterocycles. The van der Waals surface area contributed by atoms with Crippen molar-refractivity contribution in [3.8, 4) is 0 Å². The summed E-state index contributed by atoms with van der Waals surface area (Å²) in [5, 5.41) is 6.98. The number of rotatable bonds is 5. The maximum atomic E-state index is 11.7. The van der Waals surface area contributed by atoms with Gasteiger partial charge in [0.1, 0.15) is 5.82 Å². The summed E-state index contributed by atoms with van der Waals surface area (Å²) in [5.74, 6) is 1.51. The number of aliphatic imine (C=N–C) groups is 1. The zero-order chi connectivity index (χ0) is 21.6. The number of carbonyl (C=O) groups is 1. The van der Waals surface area contributed by atoms with Gasteiger partial charge in [0.05, 0.1) is 10.9 Å². The van der Waals surface area contributed by atoms with Gasteiger partial charge in [-0.2, -0.15) is 0 Å². The summed E-state index contributed by atoms with van der Waals surface area (Å²) in [6.45, 7) is 6.02. The Labute approximate surface area is 187 Å². The van der Waals surface area contributed by atoms with Crippen molar-refractivity contribution in [1.82, 2.24) is 15.2 Å². The second-order valence-corrected chi connectivity index (χ2v) is 8.93. The molecule has 31 heavy (non-hydrogen) atoms. The van der Waals surface area contributed by atoms with Crippen LogP contribution in [0.5, 0.6) is 0 Å². The van der Waals surface area contributed by atoms with E-state index in [2.05, 4.69) is 53.6 Å². The number of thiophene rings is 1. The highest BCUT2D eigenvalue weighted by molar-refractivity contribution is 7.14. The third-order valence-corrected chi connectivity index (χ3v) is 6.97. The number of anilines is 2. The zero-order valence-electron chi connectivity index (χ0n) is 18.0. The summed E-state index contributed by atoms with van der Waals surface area (Å²) in [7, 11) is 1.83. The van der Waals surface area contributed by atoms with Crippen molar-refractivity contribution in [3.63, 3.8) is 0 Å². The molecule has 0 aliphatic carbocycles. The highest BCUT2D eigenvalue weighted by Crippen LogP contribution is 2.25. The molecule has 9 heteroatoms. The lowest BCUT2D eigenvalue weighted by Crippen LogP contribution is -2.52. The van der Waals surface area contributed by atoms with Crippen LogP contribution in [0.15, 0.2) is 40.8 Å². The SMILES string of the molecule is CN=C(NCc1cccnc1N1CCCC(C(N)=O)C1)N1CCN(c2cccs2)CC1. The number of amides is 1. The fourth-order valence-corrected chi connectivity index (χ4v) is 5.14. The van der Waals surface area contributed by atoms with E-state index in [9.17, 15) is 4.79 Å². The molecule has 2 aromatic rings. The van der Waals surface area contributed by atoms with Crippen LogP contribution in [-0.4, -0.2) is 68.1 Å². The van der Waals surface area contributed by atoms with E-state index in [0.717, 1.165) is 62.9 Å². The molecule has 4 rings (SSSR count). The Morgan fingerprint density at radius 3 is 2.77 bits per heavy atom. The summed E-state index contributed by atoms with van der Waals surface area (Å²) in [4.78, 5) is 27.8. The average molecular weight is 442 g/mol. The van der Waals surface area contributed by atoms with E-state index in [-0.39, 0.29) is 11.8 Å². The summed E-state index contributed by atoms with van der Waals surface area (Å²) in [5.41, 5.74) is 6.67. The van der Waals surface area contributed by atoms with E-state index in [1.165, 1.54) is 5.00 Å². The lowest BCUT2D eigenvalue weighted by atomic mass is 9.97. The lowest BCUT2D eigenvalue weighted by Gasteiger charge is -2.37. The molecule has 2 aliphatic heterocycles. The maximum absolute atomic E-state index is 11.7. The van der Waals surface area contributed by atoms with Gasteiger partial charge in [-0.15, -0.1) is 11.3 Å². The number of hydrogen-bond donors (Lipinski definition) is 2. The number of carbonyl (C=O) groups excluding carboxylic acids is 1. The van der Waals surface area contributed by atoms with Gasteiger partial charge in [0, 0.05) is 64.6 Å². The molecule has 2 aliphatic rings. The smallest absolute Gasteiger partial charge is 0.222 e. The fourth-order valence-electron chi connectivity index (χ4n) is 4.35. The number of primary amides is 1. The van der Waals surface area contributed by atoms with Crippen LogP contribution in [0.4, 0.5) is 10.8 Å². The van der Waals surface area contributed by atoms with E-state index >= 15 is 0 Å². The first-order valence-corrected chi connectivity index (χ1v) is 11.8. The minimum absolute atomic E-state index is 0.107. The van der Waals surface area contributed by atoms with Crippen LogP contribution in [0, 0.1) is 5.92 Å². The van der Waals surface area contributed by atoms with Crippen LogP contribution < -0.4 is 20.9 Å². The Balaban J connectivity index is 1.37. The van der Waals surface area contributed by atoms with Crippen LogP contribution in [0.1, 0.15) is 18.4 Å². The second kappa shape index (κ2) is 10.00. The second-order valence-electron chi connectivity index (χ2n) is 8.00. The summed E-state index contributed by atoms with van der Waals surface area (Å²) >= 11 is 1.79. The van der Waals surface area contributed by atoms with E-state index < -0.39 is 0 Å². The number of aromatic nitrogens is 1. The molecule has 2 saturated heterocycles. The molecule has 0 spiro atoms. The van der Waals surface area contributed by atoms with E-state index in [4.69, 9.17) is 5.73 Å². The van der Waals surface area contributed by atoms with Gasteiger partial charge in [0.15, 0.2) is 5.96 Å². The third kappa shape index (κ3) is 5.10. The highest BCUT2D eigenvalue weighted by atomic mass is 32.1. The van der Waals surface area contributed by atoms with Gasteiger partial charge in [0.25, 0.3) is 0 Å². The maximum Gasteiger partial charge on any atom is 0.222 e. The molecular formula is C22H31N7OS. The van der Waals surface area contributed by atoms with Gasteiger partial charge >= 0.3 is 0 Å². The first-order chi connectivity index (χ1) is 15.2. The number of nitrogens with two attached hydrogens (primary N) is 1. The van der Waals surface area contributed by atoms with Crippen molar-refractivity contribution < 1.29 is 4.79 Å². The van der Waals surface area contributed by atoms with Crippen molar-refractivity contribution >= 4 is 34.0 Å². The van der Waals surface area contributed by atoms with Gasteiger partial charge in [-0.25, -0.2) is 4.98 Å². The molecule has 1 atom stereocenters. The monoisotopic (exact) mass is 441 g/mol. The number of guanidine groups is 1. The molecular weight excluding hydrogens is 410 g/mol. The van der Waals surface area contributed by atoms with Crippen molar-refractivity contribution in [2.24, 2.45) is 16.6 Å². The average Bonchev–Trinajstić information content (AvgIpc) is 3.35. The molecule has 0 radical (unpaired) electrons. The fraction of sp³-hybridized carbons (Fsp3) is 0.500. The Morgan fingerprint density at radius 1 is 1.23 bits per heavy atom. The minimum atomic E-state index is -0.220. The van der Waals surface area contributed by atoms with E-state index in [1.54, 1.807) is 11.3 Å². The highest BCUT2D eigenvalue weighted by Gasteiger charge is 2.26. The van der Waals surface area contributed by atoms with Crippen LogP contribution in [0.25, 0.3) is 0 Å². The molecule has 0 aromatic carbocycles. The number of piperidine rings is 1. The lowest BCUT2D eigenvalue weighted by molar-refractivity contribution is -0.122. The largest absolute Gasteiger partial charge is 0.369 e. The van der Waals surface area contributed by atoms with Gasteiger partial charge in [-0.3, -0.25) is 9.79 Å². The van der Waals surface area contributed by atoms with Crippen LogP contribution in [0.2, 0.25) is 0 Å². The quantitative estimate of drug-likeness (QED) is 0.543. The normalized spacial score (nSPS) is 20.1. The molecule has 3 N–H and O–H groups in total. The number of hydrogen-bond acceptors (Lipinski definition) is 6. The van der Waals surface area contributed by atoms with E-state index in [0.29, 0.717) is 13.1 Å². The predicted molar refractivity (Wildman–Crippen MR) is 127 cm³/mol. The topological polar surface area (TPSA) is 90.1 Å². The first-order valence-electron chi connectivity index (χ1n) is 10.9. The number of piperazine rings is 1. The molecule has 0 saturated carbocycles. The van der Waals surface area contributed by atoms with Crippen molar-refractivity contribution in [1.29, 1.82) is 0 Å².